The Morgan fingerprint density at radius 3 is 2.67 bits per heavy atom. The normalized spacial score (nSPS) is 10.8. The molecule has 0 aliphatic heterocycles. The molecule has 24 heavy (non-hydrogen) atoms. The first-order chi connectivity index (χ1) is 11.4. The van der Waals surface area contributed by atoms with Gasteiger partial charge >= 0.3 is 5.97 Å². The van der Waals surface area contributed by atoms with Gasteiger partial charge < -0.3 is 9.15 Å². The second-order valence-corrected chi connectivity index (χ2v) is 5.35. The van der Waals surface area contributed by atoms with E-state index in [2.05, 4.69) is 0 Å². The van der Waals surface area contributed by atoms with Crippen molar-refractivity contribution < 1.29 is 27.5 Å². The molecule has 0 spiro atoms. The molecule has 122 valence electrons. The third-order valence-corrected chi connectivity index (χ3v) is 3.48. The maximum Gasteiger partial charge on any atom is 0.374 e. The molecule has 0 unspecified atom stereocenters. The molecule has 7 heteroatoms. The lowest BCUT2D eigenvalue weighted by Gasteiger charge is -2.04. The maximum atomic E-state index is 13.5. The zero-order valence-corrected chi connectivity index (χ0v) is 12.8. The van der Waals surface area contributed by atoms with E-state index in [0.29, 0.717) is 16.0 Å². The van der Waals surface area contributed by atoms with Crippen LogP contribution in [0.4, 0.5) is 8.78 Å². The number of Topliss-reactive ketones (excluding diaryl/α,β-unsaturated/α-hetero) is 1. The Balaban J connectivity index is 1.72. The van der Waals surface area contributed by atoms with Crippen LogP contribution in [-0.4, -0.2) is 18.4 Å². The first-order valence-electron chi connectivity index (χ1n) is 6.78. The van der Waals surface area contributed by atoms with Gasteiger partial charge in [-0.05, 0) is 42.5 Å². The van der Waals surface area contributed by atoms with Gasteiger partial charge in [-0.25, -0.2) is 13.6 Å². The van der Waals surface area contributed by atoms with Gasteiger partial charge in [-0.1, -0.05) is 11.6 Å². The van der Waals surface area contributed by atoms with Gasteiger partial charge in [0.15, 0.2) is 6.61 Å². The molecule has 0 radical (unpaired) electrons. The van der Waals surface area contributed by atoms with E-state index in [4.69, 9.17) is 20.8 Å². The van der Waals surface area contributed by atoms with Crippen LogP contribution in [0, 0.1) is 11.6 Å². The number of halogens is 3. The van der Waals surface area contributed by atoms with Crippen LogP contribution >= 0.6 is 11.6 Å². The molecule has 0 amide bonds. The molecule has 3 rings (SSSR count). The molecule has 4 nitrogen and oxygen atoms in total. The predicted octanol–water partition coefficient (Wildman–Crippen LogP) is 4.40. The van der Waals surface area contributed by atoms with Crippen molar-refractivity contribution in [1.82, 2.24) is 0 Å². The van der Waals surface area contributed by atoms with Gasteiger partial charge in [0.25, 0.3) is 0 Å². The number of esters is 1. The van der Waals surface area contributed by atoms with Crippen LogP contribution in [0.5, 0.6) is 0 Å². The minimum Gasteiger partial charge on any atom is -0.451 e. The third-order valence-electron chi connectivity index (χ3n) is 3.24. The molecule has 0 fully saturated rings. The fourth-order valence-electron chi connectivity index (χ4n) is 2.11. The molecule has 0 aliphatic rings. The second kappa shape index (κ2) is 6.41. The van der Waals surface area contributed by atoms with Gasteiger partial charge in [-0.2, -0.15) is 0 Å². The van der Waals surface area contributed by atoms with Crippen molar-refractivity contribution in [3.63, 3.8) is 0 Å². The average molecular weight is 351 g/mol. The molecule has 0 N–H and O–H groups in total. The molecule has 0 saturated heterocycles. The van der Waals surface area contributed by atoms with E-state index in [1.165, 1.54) is 6.07 Å². The average Bonchev–Trinajstić information content (AvgIpc) is 2.97. The number of ether oxygens (including phenoxy) is 1. The van der Waals surface area contributed by atoms with Crippen molar-refractivity contribution in [3.05, 3.63) is 70.4 Å². The molecule has 0 bridgehead atoms. The quantitative estimate of drug-likeness (QED) is 0.517. The Morgan fingerprint density at radius 1 is 1.08 bits per heavy atom. The van der Waals surface area contributed by atoms with E-state index >= 15 is 0 Å². The van der Waals surface area contributed by atoms with Crippen LogP contribution in [0.15, 0.2) is 46.9 Å². The summed E-state index contributed by atoms with van der Waals surface area (Å²) < 4.78 is 36.6. The lowest BCUT2D eigenvalue weighted by atomic mass is 10.1. The SMILES string of the molecule is O=C(OCC(=O)c1cc(F)ccc1F)c1cc2cc(Cl)ccc2o1. The molecule has 3 aromatic rings. The summed E-state index contributed by atoms with van der Waals surface area (Å²) in [6.45, 7) is -0.739. The van der Waals surface area contributed by atoms with Crippen molar-refractivity contribution in [1.29, 1.82) is 0 Å². The minimum atomic E-state index is -0.896. The number of fused-ring (bicyclic) bond motifs is 1. The largest absolute Gasteiger partial charge is 0.451 e. The smallest absolute Gasteiger partial charge is 0.374 e. The van der Waals surface area contributed by atoms with Crippen molar-refractivity contribution in [2.75, 3.05) is 6.61 Å². The van der Waals surface area contributed by atoms with Gasteiger partial charge in [0.1, 0.15) is 17.2 Å². The highest BCUT2D eigenvalue weighted by molar-refractivity contribution is 6.31. The zero-order valence-electron chi connectivity index (χ0n) is 12.0. The summed E-state index contributed by atoms with van der Waals surface area (Å²) in [5, 5.41) is 1.07. The highest BCUT2D eigenvalue weighted by Gasteiger charge is 2.18. The first kappa shape index (κ1) is 16.1. The van der Waals surface area contributed by atoms with E-state index in [-0.39, 0.29) is 5.76 Å². The standard InChI is InChI=1S/C17H9ClF2O4/c18-10-1-4-15-9(5-10)6-16(24-15)17(22)23-8-14(21)12-7-11(19)2-3-13(12)20/h1-7H,8H2. The number of carbonyl (C=O) groups is 2. The van der Waals surface area contributed by atoms with Crippen molar-refractivity contribution >= 4 is 34.3 Å². The summed E-state index contributed by atoms with van der Waals surface area (Å²) in [5.74, 6) is -3.54. The predicted molar refractivity (Wildman–Crippen MR) is 82.2 cm³/mol. The topological polar surface area (TPSA) is 56.5 Å². The minimum absolute atomic E-state index is 0.125. The molecule has 1 aromatic heterocycles. The molecule has 0 saturated carbocycles. The summed E-state index contributed by atoms with van der Waals surface area (Å²) in [6, 6.07) is 8.65. The molecule has 2 aromatic carbocycles. The number of hydrogen-bond acceptors (Lipinski definition) is 4. The summed E-state index contributed by atoms with van der Waals surface area (Å²) >= 11 is 5.84. The Hall–Kier alpha value is -2.73. The van der Waals surface area contributed by atoms with E-state index in [1.807, 2.05) is 0 Å². The first-order valence-corrected chi connectivity index (χ1v) is 7.16. The monoisotopic (exact) mass is 350 g/mol. The van der Waals surface area contributed by atoms with Gasteiger partial charge in [-0.15, -0.1) is 0 Å². The lowest BCUT2D eigenvalue weighted by molar-refractivity contribution is 0.0445. The number of carbonyl (C=O) groups excluding carboxylic acids is 2. The van der Waals surface area contributed by atoms with Gasteiger partial charge in [0.05, 0.1) is 5.56 Å². The molecule has 0 aliphatic carbocycles. The Morgan fingerprint density at radius 2 is 1.88 bits per heavy atom. The van der Waals surface area contributed by atoms with Crippen LogP contribution < -0.4 is 0 Å². The Bertz CT molecular complexity index is 949. The molecule has 0 atom stereocenters. The second-order valence-electron chi connectivity index (χ2n) is 4.92. The number of hydrogen-bond donors (Lipinski definition) is 0. The Labute approximate surface area is 139 Å². The molecule has 1 heterocycles. The van der Waals surface area contributed by atoms with Crippen molar-refractivity contribution in [2.45, 2.75) is 0 Å². The molecular weight excluding hydrogens is 342 g/mol. The van der Waals surface area contributed by atoms with Crippen LogP contribution in [0.3, 0.4) is 0 Å². The lowest BCUT2D eigenvalue weighted by Crippen LogP contribution is -2.15. The van der Waals surface area contributed by atoms with Crippen LogP contribution in [-0.2, 0) is 4.74 Å². The fourth-order valence-corrected chi connectivity index (χ4v) is 2.29. The Kier molecular flexibility index (Phi) is 4.31. The maximum absolute atomic E-state index is 13.5. The summed E-state index contributed by atoms with van der Waals surface area (Å²) in [7, 11) is 0. The van der Waals surface area contributed by atoms with E-state index in [0.717, 1.165) is 18.2 Å². The highest BCUT2D eigenvalue weighted by Crippen LogP contribution is 2.23. The number of ketones is 1. The van der Waals surface area contributed by atoms with Crippen LogP contribution in [0.1, 0.15) is 20.9 Å². The van der Waals surface area contributed by atoms with Crippen LogP contribution in [0.25, 0.3) is 11.0 Å². The number of benzene rings is 2. The van der Waals surface area contributed by atoms with Crippen molar-refractivity contribution in [2.24, 2.45) is 0 Å². The van der Waals surface area contributed by atoms with E-state index < -0.39 is 35.6 Å². The summed E-state index contributed by atoms with van der Waals surface area (Å²) in [6.07, 6.45) is 0. The number of furan rings is 1. The third kappa shape index (κ3) is 3.28. The van der Waals surface area contributed by atoms with Gasteiger partial charge in [-0.3, -0.25) is 4.79 Å². The molecular formula is C17H9ClF2O4. The zero-order chi connectivity index (χ0) is 17.3. The number of rotatable bonds is 4. The fraction of sp³-hybridized carbons (Fsp3) is 0.0588. The van der Waals surface area contributed by atoms with E-state index in [9.17, 15) is 18.4 Å². The summed E-state index contributed by atoms with van der Waals surface area (Å²) in [5.41, 5.74) is -0.0620. The van der Waals surface area contributed by atoms with Gasteiger partial charge in [0.2, 0.25) is 11.5 Å². The van der Waals surface area contributed by atoms with Crippen molar-refractivity contribution in [3.8, 4) is 0 Å². The van der Waals surface area contributed by atoms with Crippen LogP contribution in [0.2, 0.25) is 5.02 Å². The van der Waals surface area contributed by atoms with Gasteiger partial charge in [0, 0.05) is 10.4 Å². The van der Waals surface area contributed by atoms with E-state index in [1.54, 1.807) is 18.2 Å². The highest BCUT2D eigenvalue weighted by atomic mass is 35.5. The summed E-state index contributed by atoms with van der Waals surface area (Å²) in [4.78, 5) is 23.8.